The van der Waals surface area contributed by atoms with E-state index in [2.05, 4.69) is 111 Å². The summed E-state index contributed by atoms with van der Waals surface area (Å²) < 4.78 is 0. The lowest BCUT2D eigenvalue weighted by molar-refractivity contribution is 0.190. The lowest BCUT2D eigenvalue weighted by Gasteiger charge is -2.33. The maximum atomic E-state index is 2.35. The van der Waals surface area contributed by atoms with E-state index in [1.54, 1.807) is 0 Å². The van der Waals surface area contributed by atoms with E-state index in [1.165, 1.54) is 135 Å². The molecular formula is C42H94. The molecule has 0 rings (SSSR count). The second kappa shape index (κ2) is 32.4. The monoisotopic (exact) mass is 599 g/mol. The zero-order valence-corrected chi connectivity index (χ0v) is 32.8. The molecule has 0 aliphatic heterocycles. The van der Waals surface area contributed by atoms with Crippen LogP contribution >= 0.6 is 0 Å². The van der Waals surface area contributed by atoms with Crippen molar-refractivity contribution >= 4 is 0 Å². The quantitative estimate of drug-likeness (QED) is 0.123. The van der Waals surface area contributed by atoms with Crippen molar-refractivity contribution in [2.24, 2.45) is 21.7 Å². The summed E-state index contributed by atoms with van der Waals surface area (Å²) in [4.78, 5) is 0. The van der Waals surface area contributed by atoms with Crippen molar-refractivity contribution in [3.8, 4) is 0 Å². The molecule has 0 aromatic carbocycles. The van der Waals surface area contributed by atoms with Crippen LogP contribution < -0.4 is 0 Å². The Balaban J connectivity index is -0.000000146. The van der Waals surface area contributed by atoms with Gasteiger partial charge in [0, 0.05) is 0 Å². The second-order valence-electron chi connectivity index (χ2n) is 14.0. The minimum Gasteiger partial charge on any atom is -0.0776 e. The van der Waals surface area contributed by atoms with Gasteiger partial charge in [0.15, 0.2) is 0 Å². The number of hydrogen-bond acceptors (Lipinski definition) is 0. The van der Waals surface area contributed by atoms with Crippen LogP contribution in [-0.2, 0) is 0 Å². The summed E-state index contributed by atoms with van der Waals surface area (Å²) in [7, 11) is 0. The van der Waals surface area contributed by atoms with Crippen molar-refractivity contribution in [1.82, 2.24) is 0 Å². The Morgan fingerprint density at radius 1 is 0.262 bits per heavy atom. The van der Waals surface area contributed by atoms with E-state index in [1.807, 2.05) is 0 Å². The molecule has 0 spiro atoms. The van der Waals surface area contributed by atoms with Crippen LogP contribution in [0.2, 0.25) is 0 Å². The average Bonchev–Trinajstić information content (AvgIpc) is 2.99. The Kier molecular flexibility index (Phi) is 39.8. The van der Waals surface area contributed by atoms with Crippen LogP contribution in [0.1, 0.15) is 253 Å². The lowest BCUT2D eigenvalue weighted by atomic mass is 9.72. The van der Waals surface area contributed by atoms with Crippen molar-refractivity contribution < 1.29 is 0 Å². The van der Waals surface area contributed by atoms with Crippen molar-refractivity contribution in [2.75, 3.05) is 0 Å². The highest BCUT2D eigenvalue weighted by Gasteiger charge is 2.26. The molecule has 0 heteroatoms. The van der Waals surface area contributed by atoms with Gasteiger partial charge in [0.1, 0.15) is 0 Å². The summed E-state index contributed by atoms with van der Waals surface area (Å²) >= 11 is 0. The fourth-order valence-corrected chi connectivity index (χ4v) is 7.26. The van der Waals surface area contributed by atoms with Gasteiger partial charge in [-0.25, -0.2) is 0 Å². The molecule has 0 radical (unpaired) electrons. The molecule has 0 aromatic heterocycles. The average molecular weight is 599 g/mol. The van der Waals surface area contributed by atoms with Crippen LogP contribution in [0.25, 0.3) is 0 Å². The maximum Gasteiger partial charge on any atom is -0.0298 e. The van der Waals surface area contributed by atoms with Crippen LogP contribution in [0.15, 0.2) is 0 Å². The first-order valence-corrected chi connectivity index (χ1v) is 19.4. The Bertz CT molecular complexity index is 411. The molecule has 0 amide bonds. The van der Waals surface area contributed by atoms with Gasteiger partial charge in [0.25, 0.3) is 0 Å². The van der Waals surface area contributed by atoms with E-state index >= 15 is 0 Å². The van der Waals surface area contributed by atoms with Crippen molar-refractivity contribution in [3.63, 3.8) is 0 Å². The molecule has 0 bridgehead atoms. The second-order valence-corrected chi connectivity index (χ2v) is 14.0. The normalized spacial score (nSPS) is 11.7. The van der Waals surface area contributed by atoms with Crippen LogP contribution in [0, 0.1) is 21.7 Å². The molecule has 0 aromatic rings. The first-order chi connectivity index (χ1) is 19.4. The van der Waals surface area contributed by atoms with Gasteiger partial charge in [-0.2, -0.15) is 0 Å². The van der Waals surface area contributed by atoms with E-state index in [0.717, 1.165) is 0 Å². The summed E-state index contributed by atoms with van der Waals surface area (Å²) in [5, 5.41) is 0. The molecule has 0 aliphatic carbocycles. The standard InChI is InChI=1S/C13H28.C11H24.C9H20.C8H18.CH4/c1-5-9-13(10-6-2,11-7-3)12-8-4;1-5-9-11(7-3,8-4)10-6-2;1-5-9(6-2,7-3)8-4;1-5-8(4,6-2)7-3;/h5-12H2,1-4H3;5-10H2,1-4H3;5-8H2,1-4H3;5-7H2,1-4H3;1H4. The minimum atomic E-state index is 0. The van der Waals surface area contributed by atoms with Crippen molar-refractivity contribution in [1.29, 1.82) is 0 Å². The highest BCUT2D eigenvalue weighted by Crippen LogP contribution is 2.39. The Hall–Kier alpha value is 0. The van der Waals surface area contributed by atoms with Gasteiger partial charge < -0.3 is 0 Å². The first kappa shape index (κ1) is 51.6. The number of hydrogen-bond donors (Lipinski definition) is 0. The first-order valence-electron chi connectivity index (χ1n) is 19.4. The minimum absolute atomic E-state index is 0. The van der Waals surface area contributed by atoms with Gasteiger partial charge in [0.05, 0.1) is 0 Å². The van der Waals surface area contributed by atoms with E-state index in [9.17, 15) is 0 Å². The van der Waals surface area contributed by atoms with Gasteiger partial charge in [-0.05, 0) is 60.2 Å². The predicted octanol–water partition coefficient (Wildman–Crippen LogP) is 17.0. The zero-order chi connectivity index (χ0) is 32.8. The molecule has 262 valence electrons. The Labute approximate surface area is 274 Å². The zero-order valence-electron chi connectivity index (χ0n) is 32.8. The fourth-order valence-electron chi connectivity index (χ4n) is 7.26. The predicted molar refractivity (Wildman–Crippen MR) is 204 cm³/mol. The van der Waals surface area contributed by atoms with Crippen molar-refractivity contribution in [2.45, 2.75) is 253 Å². The van der Waals surface area contributed by atoms with E-state index in [-0.39, 0.29) is 7.43 Å². The molecule has 0 saturated heterocycles. The third kappa shape index (κ3) is 23.4. The summed E-state index contributed by atoms with van der Waals surface area (Å²) in [6.07, 6.45) is 28.8. The van der Waals surface area contributed by atoms with E-state index in [4.69, 9.17) is 0 Å². The highest BCUT2D eigenvalue weighted by molar-refractivity contribution is 4.78. The fraction of sp³-hybridized carbons (Fsp3) is 1.00. The third-order valence-electron chi connectivity index (χ3n) is 11.7. The molecular weight excluding hydrogens is 504 g/mol. The smallest absolute Gasteiger partial charge is 0.0298 e. The van der Waals surface area contributed by atoms with Crippen molar-refractivity contribution in [3.05, 3.63) is 0 Å². The molecule has 0 nitrogen and oxygen atoms in total. The summed E-state index contributed by atoms with van der Waals surface area (Å²) in [6, 6.07) is 0. The van der Waals surface area contributed by atoms with Crippen LogP contribution in [0.4, 0.5) is 0 Å². The summed E-state index contributed by atoms with van der Waals surface area (Å²) in [5.74, 6) is 0. The summed E-state index contributed by atoms with van der Waals surface area (Å²) in [6.45, 7) is 37.0. The SMILES string of the molecule is C.CCC(C)(CC)CC.CCC(CC)(CC)CC.CCCC(CC)(CC)CCC.CCCC(CCC)(CCC)CCC. The topological polar surface area (TPSA) is 0 Å². The van der Waals surface area contributed by atoms with Gasteiger partial charge >= 0.3 is 0 Å². The van der Waals surface area contributed by atoms with E-state index in [0.29, 0.717) is 21.7 Å². The Morgan fingerprint density at radius 2 is 0.452 bits per heavy atom. The van der Waals surface area contributed by atoms with Gasteiger partial charge in [0.2, 0.25) is 0 Å². The molecule has 0 saturated carbocycles. The Morgan fingerprint density at radius 3 is 0.548 bits per heavy atom. The molecule has 0 N–H and O–H groups in total. The van der Waals surface area contributed by atoms with Gasteiger partial charge in [-0.15, -0.1) is 0 Å². The largest absolute Gasteiger partial charge is 0.0776 e. The van der Waals surface area contributed by atoms with Gasteiger partial charge in [-0.3, -0.25) is 0 Å². The van der Waals surface area contributed by atoms with Crippen LogP contribution in [-0.4, -0.2) is 0 Å². The third-order valence-corrected chi connectivity index (χ3v) is 11.7. The number of rotatable bonds is 21. The lowest BCUT2D eigenvalue weighted by Crippen LogP contribution is -2.20. The molecule has 0 atom stereocenters. The van der Waals surface area contributed by atoms with E-state index < -0.39 is 0 Å². The molecule has 0 fully saturated rings. The molecule has 42 heavy (non-hydrogen) atoms. The van der Waals surface area contributed by atoms with Crippen LogP contribution in [0.3, 0.4) is 0 Å². The molecule has 0 unspecified atom stereocenters. The van der Waals surface area contributed by atoms with Gasteiger partial charge in [-0.1, -0.05) is 215 Å². The highest BCUT2D eigenvalue weighted by atomic mass is 14.3. The van der Waals surface area contributed by atoms with Crippen LogP contribution in [0.5, 0.6) is 0 Å². The maximum absolute atomic E-state index is 2.35. The molecule has 0 aliphatic rings. The summed E-state index contributed by atoms with van der Waals surface area (Å²) in [5.41, 5.74) is 2.68. The molecule has 0 heterocycles.